The standard InChI is InChI=1S/C27H27FN2O3/c1-33-25-12-10-20(11-13-25)27(32)30-14-4-8-23(18-30)21-6-3-7-22(16-21)26(31)29-17-19-5-2-9-24(28)15-19/h2-3,5-7,9-13,15-16,23H,4,8,14,17-18H2,1H3,(H,29,31)/t23-/m0/s1. The Morgan fingerprint density at radius 3 is 2.58 bits per heavy atom. The van der Waals surface area contributed by atoms with Crippen molar-refractivity contribution in [1.82, 2.24) is 10.2 Å². The Bertz CT molecular complexity index is 1130. The van der Waals surface area contributed by atoms with Gasteiger partial charge in [-0.1, -0.05) is 24.3 Å². The van der Waals surface area contributed by atoms with Crippen LogP contribution in [-0.4, -0.2) is 36.9 Å². The van der Waals surface area contributed by atoms with E-state index in [1.54, 1.807) is 49.6 Å². The average molecular weight is 447 g/mol. The zero-order chi connectivity index (χ0) is 23.2. The van der Waals surface area contributed by atoms with E-state index in [0.29, 0.717) is 23.2 Å². The van der Waals surface area contributed by atoms with Gasteiger partial charge in [-0.2, -0.15) is 0 Å². The van der Waals surface area contributed by atoms with Crippen molar-refractivity contribution in [3.05, 3.63) is 101 Å². The molecule has 1 saturated heterocycles. The highest BCUT2D eigenvalue weighted by molar-refractivity contribution is 5.95. The number of piperidine rings is 1. The number of likely N-dealkylation sites (tertiary alicyclic amines) is 1. The van der Waals surface area contributed by atoms with Gasteiger partial charge in [-0.25, -0.2) is 4.39 Å². The van der Waals surface area contributed by atoms with Crippen LogP contribution in [0.25, 0.3) is 0 Å². The maximum absolute atomic E-state index is 13.4. The largest absolute Gasteiger partial charge is 0.497 e. The third-order valence-corrected chi connectivity index (χ3v) is 6.01. The third-order valence-electron chi connectivity index (χ3n) is 6.01. The molecule has 33 heavy (non-hydrogen) atoms. The van der Waals surface area contributed by atoms with Crippen molar-refractivity contribution in [2.24, 2.45) is 0 Å². The lowest BCUT2D eigenvalue weighted by Crippen LogP contribution is -2.39. The molecule has 1 heterocycles. The van der Waals surface area contributed by atoms with Crippen molar-refractivity contribution >= 4 is 11.8 Å². The number of carbonyl (C=O) groups is 2. The number of nitrogens with zero attached hydrogens (tertiary/aromatic N) is 1. The number of halogens is 1. The molecule has 3 aromatic carbocycles. The highest BCUT2D eigenvalue weighted by Gasteiger charge is 2.26. The average Bonchev–Trinajstić information content (AvgIpc) is 2.87. The number of hydrogen-bond donors (Lipinski definition) is 1. The van der Waals surface area contributed by atoms with Gasteiger partial charge in [-0.05, 0) is 72.5 Å². The molecule has 0 spiro atoms. The summed E-state index contributed by atoms with van der Waals surface area (Å²) in [4.78, 5) is 27.5. The third kappa shape index (κ3) is 5.58. The normalized spacial score (nSPS) is 15.7. The molecular weight excluding hydrogens is 419 g/mol. The molecule has 1 fully saturated rings. The molecule has 0 aromatic heterocycles. The molecule has 4 rings (SSSR count). The molecule has 170 valence electrons. The minimum Gasteiger partial charge on any atom is -0.497 e. The van der Waals surface area contributed by atoms with Crippen LogP contribution in [0.4, 0.5) is 4.39 Å². The SMILES string of the molecule is COc1ccc(C(=O)N2CCC[C@H](c3cccc(C(=O)NCc4cccc(F)c4)c3)C2)cc1. The molecule has 2 amide bonds. The monoisotopic (exact) mass is 446 g/mol. The van der Waals surface area contributed by atoms with Gasteiger partial charge in [0, 0.05) is 36.7 Å². The van der Waals surface area contributed by atoms with Crippen LogP contribution in [0.2, 0.25) is 0 Å². The minimum absolute atomic E-state index is 0.00587. The Balaban J connectivity index is 1.41. The van der Waals surface area contributed by atoms with Crippen molar-refractivity contribution in [2.45, 2.75) is 25.3 Å². The number of benzene rings is 3. The number of methoxy groups -OCH3 is 1. The summed E-state index contributed by atoms with van der Waals surface area (Å²) in [6, 6.07) is 20.9. The summed E-state index contributed by atoms with van der Waals surface area (Å²) in [5, 5.41) is 2.85. The van der Waals surface area contributed by atoms with Crippen LogP contribution in [0.5, 0.6) is 5.75 Å². The minimum atomic E-state index is -0.324. The van der Waals surface area contributed by atoms with Gasteiger partial charge in [0.15, 0.2) is 0 Å². The number of rotatable bonds is 6. The highest BCUT2D eigenvalue weighted by atomic mass is 19.1. The topological polar surface area (TPSA) is 58.6 Å². The predicted octanol–water partition coefficient (Wildman–Crippen LogP) is 4.78. The lowest BCUT2D eigenvalue weighted by molar-refractivity contribution is 0.0706. The van der Waals surface area contributed by atoms with E-state index in [0.717, 1.165) is 30.7 Å². The van der Waals surface area contributed by atoms with E-state index < -0.39 is 0 Å². The molecule has 1 aliphatic rings. The molecule has 0 unspecified atom stereocenters. The van der Waals surface area contributed by atoms with Crippen molar-refractivity contribution in [2.75, 3.05) is 20.2 Å². The summed E-state index contributed by atoms with van der Waals surface area (Å²) < 4.78 is 18.5. The molecule has 0 bridgehead atoms. The Kier molecular flexibility index (Phi) is 7.03. The van der Waals surface area contributed by atoms with Crippen molar-refractivity contribution in [3.63, 3.8) is 0 Å². The molecule has 3 aromatic rings. The van der Waals surface area contributed by atoms with Gasteiger partial charge >= 0.3 is 0 Å². The second-order valence-corrected chi connectivity index (χ2v) is 8.26. The van der Waals surface area contributed by atoms with E-state index in [1.807, 2.05) is 23.1 Å². The fraction of sp³-hybridized carbons (Fsp3) is 0.259. The first-order valence-corrected chi connectivity index (χ1v) is 11.1. The summed E-state index contributed by atoms with van der Waals surface area (Å²) in [7, 11) is 1.60. The fourth-order valence-corrected chi connectivity index (χ4v) is 4.22. The maximum Gasteiger partial charge on any atom is 0.253 e. The lowest BCUT2D eigenvalue weighted by Gasteiger charge is -2.33. The van der Waals surface area contributed by atoms with Crippen LogP contribution in [0.15, 0.2) is 72.8 Å². The number of ether oxygens (including phenoxy) is 1. The Hall–Kier alpha value is -3.67. The fourth-order valence-electron chi connectivity index (χ4n) is 4.22. The smallest absolute Gasteiger partial charge is 0.253 e. The van der Waals surface area contributed by atoms with E-state index in [9.17, 15) is 14.0 Å². The second-order valence-electron chi connectivity index (χ2n) is 8.26. The van der Waals surface area contributed by atoms with E-state index >= 15 is 0 Å². The molecule has 0 saturated carbocycles. The number of carbonyl (C=O) groups excluding carboxylic acids is 2. The zero-order valence-electron chi connectivity index (χ0n) is 18.6. The lowest BCUT2D eigenvalue weighted by atomic mass is 9.89. The van der Waals surface area contributed by atoms with Gasteiger partial charge in [-0.15, -0.1) is 0 Å². The Labute approximate surface area is 193 Å². The summed E-state index contributed by atoms with van der Waals surface area (Å²) in [5.74, 6) is 0.358. The molecule has 1 aliphatic heterocycles. The van der Waals surface area contributed by atoms with Crippen LogP contribution < -0.4 is 10.1 Å². The molecule has 1 atom stereocenters. The Morgan fingerprint density at radius 1 is 1.03 bits per heavy atom. The number of amides is 2. The number of hydrogen-bond acceptors (Lipinski definition) is 3. The highest BCUT2D eigenvalue weighted by Crippen LogP contribution is 2.28. The second kappa shape index (κ2) is 10.3. The molecule has 6 heteroatoms. The van der Waals surface area contributed by atoms with Crippen LogP contribution in [-0.2, 0) is 6.54 Å². The van der Waals surface area contributed by atoms with E-state index in [2.05, 4.69) is 5.32 Å². The number of nitrogens with one attached hydrogen (secondary N) is 1. The van der Waals surface area contributed by atoms with Gasteiger partial charge in [-0.3, -0.25) is 9.59 Å². The summed E-state index contributed by atoms with van der Waals surface area (Å²) >= 11 is 0. The summed E-state index contributed by atoms with van der Waals surface area (Å²) in [6.07, 6.45) is 1.86. The quantitative estimate of drug-likeness (QED) is 0.593. The summed E-state index contributed by atoms with van der Waals surface area (Å²) in [5.41, 5.74) is 2.95. The van der Waals surface area contributed by atoms with Crippen LogP contribution in [0.1, 0.15) is 50.6 Å². The van der Waals surface area contributed by atoms with Gasteiger partial charge in [0.2, 0.25) is 0 Å². The van der Waals surface area contributed by atoms with Gasteiger partial charge in [0.05, 0.1) is 7.11 Å². The van der Waals surface area contributed by atoms with E-state index in [-0.39, 0.29) is 30.1 Å². The maximum atomic E-state index is 13.4. The van der Waals surface area contributed by atoms with Crippen LogP contribution in [0.3, 0.4) is 0 Å². The van der Waals surface area contributed by atoms with Gasteiger partial charge in [0.25, 0.3) is 11.8 Å². The van der Waals surface area contributed by atoms with Crippen LogP contribution in [0, 0.1) is 5.82 Å². The van der Waals surface area contributed by atoms with Crippen molar-refractivity contribution in [3.8, 4) is 5.75 Å². The van der Waals surface area contributed by atoms with E-state index in [1.165, 1.54) is 12.1 Å². The zero-order valence-corrected chi connectivity index (χ0v) is 18.6. The van der Waals surface area contributed by atoms with Gasteiger partial charge < -0.3 is 15.0 Å². The van der Waals surface area contributed by atoms with Gasteiger partial charge in [0.1, 0.15) is 11.6 Å². The molecule has 1 N–H and O–H groups in total. The molecule has 0 aliphatic carbocycles. The molecular formula is C27H27FN2O3. The first-order chi connectivity index (χ1) is 16.0. The first kappa shape index (κ1) is 22.5. The van der Waals surface area contributed by atoms with E-state index in [4.69, 9.17) is 4.74 Å². The van der Waals surface area contributed by atoms with Crippen molar-refractivity contribution in [1.29, 1.82) is 0 Å². The summed E-state index contributed by atoms with van der Waals surface area (Å²) in [6.45, 7) is 1.59. The molecule has 5 nitrogen and oxygen atoms in total. The first-order valence-electron chi connectivity index (χ1n) is 11.1. The van der Waals surface area contributed by atoms with Crippen molar-refractivity contribution < 1.29 is 18.7 Å². The Morgan fingerprint density at radius 2 is 1.82 bits per heavy atom. The van der Waals surface area contributed by atoms with Crippen LogP contribution >= 0.6 is 0 Å². The molecule has 0 radical (unpaired) electrons. The predicted molar refractivity (Wildman–Crippen MR) is 125 cm³/mol.